The maximum Gasteiger partial charge on any atom is 0.143 e. The van der Waals surface area contributed by atoms with Gasteiger partial charge in [-0.15, -0.1) is 0 Å². The van der Waals surface area contributed by atoms with Crippen molar-refractivity contribution in [1.29, 1.82) is 10.5 Å². The van der Waals surface area contributed by atoms with E-state index >= 15 is 0 Å². The number of aromatic nitrogens is 1. The summed E-state index contributed by atoms with van der Waals surface area (Å²) in [6.07, 6.45) is 0. The minimum absolute atomic E-state index is 0.443. The van der Waals surface area contributed by atoms with Crippen molar-refractivity contribution in [2.45, 2.75) is 27.7 Å². The highest BCUT2D eigenvalue weighted by Gasteiger charge is 2.23. The molecule has 190 valence electrons. The predicted molar refractivity (Wildman–Crippen MR) is 162 cm³/mol. The summed E-state index contributed by atoms with van der Waals surface area (Å²) in [5, 5.41) is 24.5. The van der Waals surface area contributed by atoms with E-state index in [1.54, 1.807) is 18.2 Å². The zero-order valence-electron chi connectivity index (χ0n) is 22.8. The van der Waals surface area contributed by atoms with Gasteiger partial charge in [-0.1, -0.05) is 47.5 Å². The van der Waals surface area contributed by atoms with Crippen molar-refractivity contribution >= 4 is 43.7 Å². The number of fused-ring (bicyclic) bond motifs is 6. The van der Waals surface area contributed by atoms with Crippen LogP contribution in [0.15, 0.2) is 83.3 Å². The summed E-state index contributed by atoms with van der Waals surface area (Å²) >= 11 is 0. The van der Waals surface area contributed by atoms with E-state index in [0.717, 1.165) is 38.6 Å². The van der Waals surface area contributed by atoms with Gasteiger partial charge in [-0.3, -0.25) is 0 Å². The van der Waals surface area contributed by atoms with Gasteiger partial charge in [-0.05, 0) is 81.3 Å². The number of furan rings is 1. The van der Waals surface area contributed by atoms with Crippen LogP contribution in [0.4, 0.5) is 0 Å². The van der Waals surface area contributed by atoms with E-state index < -0.39 is 0 Å². The Hall–Kier alpha value is -5.32. The first-order valence-electron chi connectivity index (χ1n) is 13.3. The summed E-state index contributed by atoms with van der Waals surface area (Å²) in [7, 11) is 0. The van der Waals surface area contributed by atoms with Crippen LogP contribution in [0.2, 0.25) is 0 Å². The zero-order valence-corrected chi connectivity index (χ0v) is 22.8. The zero-order chi connectivity index (χ0) is 27.7. The van der Waals surface area contributed by atoms with E-state index in [4.69, 9.17) is 4.42 Å². The third kappa shape index (κ3) is 3.30. The molecule has 0 aliphatic heterocycles. The Morgan fingerprint density at radius 1 is 0.625 bits per heavy atom. The average molecular weight is 516 g/mol. The maximum absolute atomic E-state index is 10.1. The first-order chi connectivity index (χ1) is 19.4. The first kappa shape index (κ1) is 23.8. The van der Waals surface area contributed by atoms with Crippen molar-refractivity contribution in [1.82, 2.24) is 4.57 Å². The Morgan fingerprint density at radius 3 is 1.82 bits per heavy atom. The van der Waals surface area contributed by atoms with E-state index in [2.05, 4.69) is 86.9 Å². The fraction of sp³-hybridized carbons (Fsp3) is 0.111. The van der Waals surface area contributed by atoms with Crippen LogP contribution in [-0.4, -0.2) is 4.57 Å². The molecular formula is C36H25N3O. The fourth-order valence-electron chi connectivity index (χ4n) is 6.45. The van der Waals surface area contributed by atoms with Crippen LogP contribution < -0.4 is 0 Å². The number of aryl methyl sites for hydroxylation is 4. The molecule has 0 fully saturated rings. The highest BCUT2D eigenvalue weighted by Crippen LogP contribution is 2.43. The van der Waals surface area contributed by atoms with E-state index in [-0.39, 0.29) is 0 Å². The molecule has 2 aromatic heterocycles. The number of nitriles is 2. The fourth-order valence-corrected chi connectivity index (χ4v) is 6.45. The summed E-state index contributed by atoms with van der Waals surface area (Å²) in [5.74, 6) is 0. The molecule has 0 aliphatic carbocycles. The predicted octanol–water partition coefficient (Wildman–Crippen LogP) is 9.33. The molecule has 7 aromatic rings. The molecule has 0 radical (unpaired) electrons. The Balaban J connectivity index is 1.72. The molecule has 0 saturated heterocycles. The third-order valence-electron chi connectivity index (χ3n) is 7.92. The molecule has 4 heteroatoms. The van der Waals surface area contributed by atoms with Crippen molar-refractivity contribution in [2.24, 2.45) is 0 Å². The molecule has 4 nitrogen and oxygen atoms in total. The van der Waals surface area contributed by atoms with Gasteiger partial charge < -0.3 is 8.98 Å². The van der Waals surface area contributed by atoms with Crippen LogP contribution in [-0.2, 0) is 0 Å². The summed E-state index contributed by atoms with van der Waals surface area (Å²) in [5.41, 5.74) is 11.8. The maximum atomic E-state index is 10.1. The summed E-state index contributed by atoms with van der Waals surface area (Å²) in [6, 6.07) is 31.1. The van der Waals surface area contributed by atoms with Crippen LogP contribution in [0.25, 0.3) is 60.6 Å². The first-order valence-corrected chi connectivity index (χ1v) is 13.3. The number of nitrogens with zero attached hydrogens (tertiary/aromatic N) is 3. The molecule has 0 spiro atoms. The molecule has 0 N–H and O–H groups in total. The van der Waals surface area contributed by atoms with E-state index in [9.17, 15) is 10.5 Å². The monoisotopic (exact) mass is 515 g/mol. The van der Waals surface area contributed by atoms with Crippen molar-refractivity contribution in [3.8, 4) is 29.0 Å². The number of hydrogen-bond donors (Lipinski definition) is 0. The van der Waals surface area contributed by atoms with E-state index in [0.29, 0.717) is 22.3 Å². The molecule has 0 saturated carbocycles. The van der Waals surface area contributed by atoms with Crippen LogP contribution in [0, 0.1) is 50.4 Å². The van der Waals surface area contributed by atoms with Gasteiger partial charge in [0.05, 0.1) is 34.3 Å². The number of benzene rings is 5. The minimum Gasteiger partial charge on any atom is -0.455 e. The van der Waals surface area contributed by atoms with Crippen LogP contribution >= 0.6 is 0 Å². The van der Waals surface area contributed by atoms with Gasteiger partial charge in [0.25, 0.3) is 0 Å². The molecule has 2 heterocycles. The standard InChI is InChI=1S/C36H25N3O/c1-20-12-22(3)34-28(14-20)29-15-21(2)13-23(4)35(29)39(34)26-16-30-27-10-5-6-11-32(27)40-36(30)31(17-26)33-24(18-37)8-7-9-25(33)19-38/h5-17H,1-4H3. The van der Waals surface area contributed by atoms with E-state index in [1.165, 1.54) is 33.0 Å². The smallest absolute Gasteiger partial charge is 0.143 e. The Bertz CT molecular complexity index is 2190. The molecule has 40 heavy (non-hydrogen) atoms. The highest BCUT2D eigenvalue weighted by molar-refractivity contribution is 6.14. The lowest BCUT2D eigenvalue weighted by Gasteiger charge is -2.15. The topological polar surface area (TPSA) is 65.7 Å². The molecule has 5 aromatic carbocycles. The summed E-state index contributed by atoms with van der Waals surface area (Å²) in [4.78, 5) is 0. The summed E-state index contributed by atoms with van der Waals surface area (Å²) in [6.45, 7) is 8.61. The van der Waals surface area contributed by atoms with Crippen molar-refractivity contribution in [2.75, 3.05) is 0 Å². The largest absolute Gasteiger partial charge is 0.455 e. The lowest BCUT2D eigenvalue weighted by Crippen LogP contribution is -1.99. The Kier molecular flexibility index (Phi) is 5.11. The van der Waals surface area contributed by atoms with Gasteiger partial charge in [0.2, 0.25) is 0 Å². The number of hydrogen-bond acceptors (Lipinski definition) is 3. The molecular weight excluding hydrogens is 490 g/mol. The lowest BCUT2D eigenvalue weighted by molar-refractivity contribution is 0.670. The molecule has 0 atom stereocenters. The second-order valence-electron chi connectivity index (χ2n) is 10.7. The SMILES string of the molecule is Cc1cc(C)c2c(c1)c1cc(C)cc(C)c1n2-c1cc(-c2c(C#N)cccc2C#N)c2oc3ccccc3c2c1. The van der Waals surface area contributed by atoms with Crippen molar-refractivity contribution in [3.05, 3.63) is 112 Å². The Labute approximate surface area is 231 Å². The second kappa shape index (κ2) is 8.60. The van der Waals surface area contributed by atoms with Gasteiger partial charge in [0.1, 0.15) is 11.2 Å². The Morgan fingerprint density at radius 2 is 1.23 bits per heavy atom. The molecule has 7 rings (SSSR count). The van der Waals surface area contributed by atoms with E-state index in [1.807, 2.05) is 18.2 Å². The van der Waals surface area contributed by atoms with Gasteiger partial charge in [0.15, 0.2) is 0 Å². The van der Waals surface area contributed by atoms with Crippen molar-refractivity contribution < 1.29 is 4.42 Å². The average Bonchev–Trinajstić information content (AvgIpc) is 3.48. The highest BCUT2D eigenvalue weighted by atomic mass is 16.3. The van der Waals surface area contributed by atoms with Crippen LogP contribution in [0.5, 0.6) is 0 Å². The molecule has 0 amide bonds. The normalized spacial score (nSPS) is 11.4. The van der Waals surface area contributed by atoms with Crippen LogP contribution in [0.1, 0.15) is 33.4 Å². The third-order valence-corrected chi connectivity index (χ3v) is 7.92. The second-order valence-corrected chi connectivity index (χ2v) is 10.7. The van der Waals surface area contributed by atoms with Gasteiger partial charge in [-0.25, -0.2) is 0 Å². The van der Waals surface area contributed by atoms with Crippen LogP contribution in [0.3, 0.4) is 0 Å². The molecule has 0 aliphatic rings. The van der Waals surface area contributed by atoms with Gasteiger partial charge in [0, 0.05) is 38.4 Å². The lowest BCUT2D eigenvalue weighted by atomic mass is 9.93. The van der Waals surface area contributed by atoms with Gasteiger partial charge >= 0.3 is 0 Å². The summed E-state index contributed by atoms with van der Waals surface area (Å²) < 4.78 is 8.78. The van der Waals surface area contributed by atoms with Gasteiger partial charge in [-0.2, -0.15) is 10.5 Å². The minimum atomic E-state index is 0.443. The van der Waals surface area contributed by atoms with Crippen molar-refractivity contribution in [3.63, 3.8) is 0 Å². The quantitative estimate of drug-likeness (QED) is 0.230. The number of para-hydroxylation sites is 1. The number of rotatable bonds is 2. The molecule has 0 bridgehead atoms. The molecule has 0 unspecified atom stereocenters.